The lowest BCUT2D eigenvalue weighted by molar-refractivity contribution is 0.102. The summed E-state index contributed by atoms with van der Waals surface area (Å²) in [6.07, 6.45) is 0. The molecule has 0 spiro atoms. The molecule has 116 valence electrons. The number of hydrogen-bond acceptors (Lipinski definition) is 2. The Morgan fingerprint density at radius 2 is 1.83 bits per heavy atom. The van der Waals surface area contributed by atoms with E-state index < -0.39 is 11.7 Å². The molecule has 23 heavy (non-hydrogen) atoms. The molecule has 1 aromatic heterocycles. The zero-order chi connectivity index (χ0) is 16.4. The molecule has 2 N–H and O–H groups in total. The van der Waals surface area contributed by atoms with Crippen LogP contribution in [0.3, 0.4) is 0 Å². The van der Waals surface area contributed by atoms with Gasteiger partial charge in [-0.2, -0.15) is 5.10 Å². The van der Waals surface area contributed by atoms with E-state index in [9.17, 15) is 9.18 Å². The molecule has 0 fully saturated rings. The summed E-state index contributed by atoms with van der Waals surface area (Å²) in [4.78, 5) is 12.2. The quantitative estimate of drug-likeness (QED) is 0.715. The zero-order valence-corrected chi connectivity index (χ0v) is 13.1. The van der Waals surface area contributed by atoms with Crippen molar-refractivity contribution in [1.82, 2.24) is 10.2 Å². The molecule has 1 amide bonds. The summed E-state index contributed by atoms with van der Waals surface area (Å²) in [5.74, 6) is -0.897. The van der Waals surface area contributed by atoms with E-state index in [0.29, 0.717) is 16.4 Å². The maximum absolute atomic E-state index is 13.0. The molecule has 4 nitrogen and oxygen atoms in total. The van der Waals surface area contributed by atoms with Crippen LogP contribution < -0.4 is 5.32 Å². The predicted octanol–water partition coefficient (Wildman–Crippen LogP) is 4.77. The summed E-state index contributed by atoms with van der Waals surface area (Å²) in [6.45, 7) is 0. The predicted molar refractivity (Wildman–Crippen MR) is 88.4 cm³/mol. The second-order valence-corrected chi connectivity index (χ2v) is 5.60. The van der Waals surface area contributed by atoms with E-state index in [-0.39, 0.29) is 10.7 Å². The largest absolute Gasteiger partial charge is 0.319 e. The smallest absolute Gasteiger partial charge is 0.273 e. The molecule has 7 heteroatoms. The Labute approximate surface area is 141 Å². The Morgan fingerprint density at radius 3 is 2.52 bits per heavy atom. The van der Waals surface area contributed by atoms with E-state index in [1.165, 1.54) is 12.1 Å². The number of halogens is 3. The van der Waals surface area contributed by atoms with Crippen molar-refractivity contribution in [2.45, 2.75) is 0 Å². The van der Waals surface area contributed by atoms with Gasteiger partial charge in [-0.3, -0.25) is 9.89 Å². The van der Waals surface area contributed by atoms with E-state index in [2.05, 4.69) is 15.5 Å². The molecule has 3 aromatic rings. The Bertz CT molecular complexity index is 862. The van der Waals surface area contributed by atoms with Crippen molar-refractivity contribution in [3.63, 3.8) is 0 Å². The van der Waals surface area contributed by atoms with Crippen molar-refractivity contribution in [3.8, 4) is 11.3 Å². The fourth-order valence-corrected chi connectivity index (χ4v) is 2.33. The van der Waals surface area contributed by atoms with Crippen LogP contribution in [0.15, 0.2) is 48.5 Å². The zero-order valence-electron chi connectivity index (χ0n) is 11.6. The van der Waals surface area contributed by atoms with Crippen molar-refractivity contribution < 1.29 is 9.18 Å². The number of nitrogens with zero attached hydrogens (tertiary/aromatic N) is 1. The van der Waals surface area contributed by atoms with Crippen molar-refractivity contribution >= 4 is 34.8 Å². The molecule has 0 radical (unpaired) electrons. The van der Waals surface area contributed by atoms with Gasteiger partial charge in [0.1, 0.15) is 11.5 Å². The molecular formula is C16H10Cl2FN3O. The maximum atomic E-state index is 13.0. The van der Waals surface area contributed by atoms with Gasteiger partial charge in [0.25, 0.3) is 5.91 Å². The van der Waals surface area contributed by atoms with Gasteiger partial charge in [-0.1, -0.05) is 35.3 Å². The number of benzene rings is 2. The number of carbonyl (C=O) groups is 1. The first-order valence-corrected chi connectivity index (χ1v) is 7.36. The van der Waals surface area contributed by atoms with Crippen molar-refractivity contribution in [1.29, 1.82) is 0 Å². The number of aromatic amines is 1. The van der Waals surface area contributed by atoms with Crippen LogP contribution in [-0.2, 0) is 0 Å². The molecule has 0 saturated carbocycles. The van der Waals surface area contributed by atoms with Gasteiger partial charge >= 0.3 is 0 Å². The second kappa shape index (κ2) is 6.40. The van der Waals surface area contributed by atoms with Crippen LogP contribution in [0.1, 0.15) is 10.5 Å². The van der Waals surface area contributed by atoms with Crippen molar-refractivity contribution in [3.05, 3.63) is 70.1 Å². The normalized spacial score (nSPS) is 10.6. The average molecular weight is 350 g/mol. The maximum Gasteiger partial charge on any atom is 0.273 e. The highest BCUT2D eigenvalue weighted by atomic mass is 35.5. The topological polar surface area (TPSA) is 57.8 Å². The highest BCUT2D eigenvalue weighted by Crippen LogP contribution is 2.24. The summed E-state index contributed by atoms with van der Waals surface area (Å²) in [5.41, 5.74) is 2.01. The van der Waals surface area contributed by atoms with E-state index >= 15 is 0 Å². The van der Waals surface area contributed by atoms with E-state index in [4.69, 9.17) is 23.2 Å². The number of nitrogens with one attached hydrogen (secondary N) is 2. The molecule has 2 aromatic carbocycles. The van der Waals surface area contributed by atoms with Gasteiger partial charge in [-0.05, 0) is 36.4 Å². The van der Waals surface area contributed by atoms with E-state index in [1.54, 1.807) is 30.3 Å². The highest BCUT2D eigenvalue weighted by Gasteiger charge is 2.13. The number of aromatic nitrogens is 2. The monoisotopic (exact) mass is 349 g/mol. The standard InChI is InChI=1S/C16H10Cl2FN3O/c17-10-3-1-9(2-4-10)14-8-15(22-21-14)16(23)20-13-6-5-11(19)7-12(13)18/h1-8H,(H,20,23)(H,21,22). The van der Waals surface area contributed by atoms with Gasteiger partial charge in [0.05, 0.1) is 16.4 Å². The van der Waals surface area contributed by atoms with E-state index in [0.717, 1.165) is 11.6 Å². The number of carbonyl (C=O) groups excluding carboxylic acids is 1. The van der Waals surface area contributed by atoms with Gasteiger partial charge in [0, 0.05) is 10.6 Å². The minimum Gasteiger partial charge on any atom is -0.319 e. The molecule has 1 heterocycles. The van der Waals surface area contributed by atoms with Crippen molar-refractivity contribution in [2.75, 3.05) is 5.32 Å². The summed E-state index contributed by atoms with van der Waals surface area (Å²) in [5, 5.41) is 10.1. The lowest BCUT2D eigenvalue weighted by Gasteiger charge is -2.05. The van der Waals surface area contributed by atoms with Crippen molar-refractivity contribution in [2.24, 2.45) is 0 Å². The number of amides is 1. The summed E-state index contributed by atoms with van der Waals surface area (Å²) < 4.78 is 13.0. The lowest BCUT2D eigenvalue weighted by atomic mass is 10.1. The van der Waals surface area contributed by atoms with Gasteiger partial charge in [0.2, 0.25) is 0 Å². The van der Waals surface area contributed by atoms with E-state index in [1.807, 2.05) is 0 Å². The number of anilines is 1. The first kappa shape index (κ1) is 15.5. The Balaban J connectivity index is 1.79. The second-order valence-electron chi connectivity index (χ2n) is 4.75. The van der Waals surface area contributed by atoms with Gasteiger partial charge < -0.3 is 5.32 Å². The minimum absolute atomic E-state index is 0.121. The molecule has 3 rings (SSSR count). The fourth-order valence-electron chi connectivity index (χ4n) is 1.99. The molecule has 0 aliphatic heterocycles. The third kappa shape index (κ3) is 3.52. The molecule has 0 aliphatic carbocycles. The van der Waals surface area contributed by atoms with Crippen LogP contribution in [0.4, 0.5) is 10.1 Å². The van der Waals surface area contributed by atoms with Gasteiger partial charge in [-0.25, -0.2) is 4.39 Å². The first-order chi connectivity index (χ1) is 11.0. The summed E-state index contributed by atoms with van der Waals surface area (Å²) in [7, 11) is 0. The van der Waals surface area contributed by atoms with Crippen LogP contribution in [0.5, 0.6) is 0 Å². The summed E-state index contributed by atoms with van der Waals surface area (Å²) >= 11 is 11.7. The van der Waals surface area contributed by atoms with Gasteiger partial charge in [0.15, 0.2) is 0 Å². The third-order valence-corrected chi connectivity index (χ3v) is 3.71. The molecule has 0 atom stereocenters. The number of H-pyrrole nitrogens is 1. The third-order valence-electron chi connectivity index (χ3n) is 3.14. The molecular weight excluding hydrogens is 340 g/mol. The van der Waals surface area contributed by atoms with Crippen LogP contribution in [0.2, 0.25) is 10.0 Å². The molecule has 0 aliphatic rings. The summed E-state index contributed by atoms with van der Waals surface area (Å²) in [6, 6.07) is 12.4. The fraction of sp³-hybridized carbons (Fsp3) is 0. The lowest BCUT2D eigenvalue weighted by Crippen LogP contribution is -2.12. The van der Waals surface area contributed by atoms with Crippen LogP contribution in [0, 0.1) is 5.82 Å². The highest BCUT2D eigenvalue weighted by molar-refractivity contribution is 6.33. The minimum atomic E-state index is -0.473. The van der Waals surface area contributed by atoms with Crippen LogP contribution in [0.25, 0.3) is 11.3 Å². The number of hydrogen-bond donors (Lipinski definition) is 2. The number of rotatable bonds is 3. The Morgan fingerprint density at radius 1 is 1.09 bits per heavy atom. The van der Waals surface area contributed by atoms with Crippen LogP contribution in [-0.4, -0.2) is 16.1 Å². The average Bonchev–Trinajstić information content (AvgIpc) is 3.01. The Hall–Kier alpha value is -2.37. The van der Waals surface area contributed by atoms with Crippen LogP contribution >= 0.6 is 23.2 Å². The molecule has 0 bridgehead atoms. The Kier molecular flexibility index (Phi) is 4.32. The van der Waals surface area contributed by atoms with Gasteiger partial charge in [-0.15, -0.1) is 0 Å². The SMILES string of the molecule is O=C(Nc1ccc(F)cc1Cl)c1cc(-c2ccc(Cl)cc2)n[nH]1. The molecule has 0 saturated heterocycles. The first-order valence-electron chi connectivity index (χ1n) is 6.61. The molecule has 0 unspecified atom stereocenters.